The summed E-state index contributed by atoms with van der Waals surface area (Å²) in [6, 6.07) is 11.6. The minimum absolute atomic E-state index is 0.0871. The van der Waals surface area contributed by atoms with Gasteiger partial charge in [-0.1, -0.05) is 23.7 Å². The summed E-state index contributed by atoms with van der Waals surface area (Å²) in [5.74, 6) is -1.19. The van der Waals surface area contributed by atoms with Gasteiger partial charge in [-0.15, -0.1) is 0 Å². The minimum Gasteiger partial charge on any atom is -0.350 e. The molecule has 1 aromatic carbocycles. The Morgan fingerprint density at radius 2 is 2.04 bits per heavy atom. The number of aromatic nitrogens is 3. The molecule has 3 rings (SSSR count). The number of pyridine rings is 1. The number of nitrogens with zero attached hydrogens (tertiary/aromatic N) is 3. The Balaban J connectivity index is 1.59. The lowest BCUT2D eigenvalue weighted by Gasteiger charge is -2.07. The molecule has 0 aliphatic carbocycles. The summed E-state index contributed by atoms with van der Waals surface area (Å²) in [6.45, 7) is 0.747. The summed E-state index contributed by atoms with van der Waals surface area (Å²) in [5, 5.41) is 7.11. The van der Waals surface area contributed by atoms with Crippen LogP contribution in [-0.4, -0.2) is 27.2 Å². The largest absolute Gasteiger partial charge is 0.350 e. The molecule has 0 aliphatic heterocycles. The van der Waals surface area contributed by atoms with Crippen molar-refractivity contribution in [2.75, 3.05) is 6.54 Å². The lowest BCUT2D eigenvalue weighted by molar-refractivity contribution is 0.0948. The van der Waals surface area contributed by atoms with Crippen molar-refractivity contribution >= 4 is 17.5 Å². The Bertz CT molecular complexity index is 831. The summed E-state index contributed by atoms with van der Waals surface area (Å²) in [5.41, 5.74) is 1.38. The molecule has 122 valence electrons. The predicted octanol–water partition coefficient (Wildman–Crippen LogP) is 3.17. The van der Waals surface area contributed by atoms with Crippen LogP contribution in [0.3, 0.4) is 0 Å². The second-order valence-electron chi connectivity index (χ2n) is 5.03. The molecular formula is C17H14ClFN4O. The smallest absolute Gasteiger partial charge is 0.255 e. The molecule has 0 aliphatic rings. The van der Waals surface area contributed by atoms with Gasteiger partial charge in [0.25, 0.3) is 5.91 Å². The highest BCUT2D eigenvalue weighted by Gasteiger charge is 2.15. The molecule has 0 saturated carbocycles. The summed E-state index contributed by atoms with van der Waals surface area (Å²) in [7, 11) is 0. The Labute approximate surface area is 143 Å². The normalized spacial score (nSPS) is 10.6. The van der Waals surface area contributed by atoms with E-state index in [9.17, 15) is 9.18 Å². The Morgan fingerprint density at radius 1 is 1.17 bits per heavy atom. The molecule has 7 heteroatoms. The van der Waals surface area contributed by atoms with Crippen LogP contribution in [0.5, 0.6) is 0 Å². The van der Waals surface area contributed by atoms with E-state index in [1.165, 1.54) is 18.2 Å². The first-order chi connectivity index (χ1) is 11.6. The summed E-state index contributed by atoms with van der Waals surface area (Å²) < 4.78 is 15.4. The van der Waals surface area contributed by atoms with Crippen molar-refractivity contribution < 1.29 is 9.18 Å². The number of hydrogen-bond acceptors (Lipinski definition) is 3. The van der Waals surface area contributed by atoms with Gasteiger partial charge in [0.1, 0.15) is 11.5 Å². The van der Waals surface area contributed by atoms with Crippen molar-refractivity contribution in [2.45, 2.75) is 6.54 Å². The van der Waals surface area contributed by atoms with Gasteiger partial charge < -0.3 is 5.32 Å². The van der Waals surface area contributed by atoms with Crippen LogP contribution in [0.15, 0.2) is 54.9 Å². The van der Waals surface area contributed by atoms with E-state index in [0.29, 0.717) is 13.1 Å². The van der Waals surface area contributed by atoms with Crippen molar-refractivity contribution in [3.05, 3.63) is 71.3 Å². The highest BCUT2D eigenvalue weighted by Crippen LogP contribution is 2.18. The molecule has 0 radical (unpaired) electrons. The third kappa shape index (κ3) is 3.60. The van der Waals surface area contributed by atoms with E-state index in [2.05, 4.69) is 15.4 Å². The first kappa shape index (κ1) is 16.1. The molecule has 1 N–H and O–H groups in total. The molecule has 0 unspecified atom stereocenters. The zero-order valence-electron chi connectivity index (χ0n) is 12.6. The molecule has 5 nitrogen and oxygen atoms in total. The third-order valence-corrected chi connectivity index (χ3v) is 3.70. The first-order valence-corrected chi connectivity index (χ1v) is 7.70. The monoisotopic (exact) mass is 344 g/mol. The van der Waals surface area contributed by atoms with Gasteiger partial charge in [-0.05, 0) is 30.3 Å². The maximum Gasteiger partial charge on any atom is 0.255 e. The van der Waals surface area contributed by atoms with E-state index >= 15 is 0 Å². The maximum absolute atomic E-state index is 13.7. The SMILES string of the molecule is O=C(NCCn1ccc(-c2ccccn2)n1)c1c(F)cccc1Cl. The molecule has 2 heterocycles. The second kappa shape index (κ2) is 7.23. The molecule has 0 fully saturated rings. The van der Waals surface area contributed by atoms with Crippen molar-refractivity contribution in [1.82, 2.24) is 20.1 Å². The lowest BCUT2D eigenvalue weighted by Crippen LogP contribution is -2.28. The van der Waals surface area contributed by atoms with Crippen molar-refractivity contribution in [2.24, 2.45) is 0 Å². The van der Waals surface area contributed by atoms with Gasteiger partial charge in [0, 0.05) is 18.9 Å². The van der Waals surface area contributed by atoms with Gasteiger partial charge in [-0.2, -0.15) is 5.10 Å². The Kier molecular flexibility index (Phi) is 4.86. The predicted molar refractivity (Wildman–Crippen MR) is 89.2 cm³/mol. The molecule has 1 amide bonds. The molecule has 0 atom stereocenters. The molecule has 0 saturated heterocycles. The average Bonchev–Trinajstić information content (AvgIpc) is 3.04. The van der Waals surface area contributed by atoms with E-state index in [1.807, 2.05) is 24.3 Å². The fraction of sp³-hybridized carbons (Fsp3) is 0.118. The Morgan fingerprint density at radius 3 is 2.79 bits per heavy atom. The van der Waals surface area contributed by atoms with Gasteiger partial charge >= 0.3 is 0 Å². The van der Waals surface area contributed by atoms with Crippen LogP contribution in [0.1, 0.15) is 10.4 Å². The zero-order valence-corrected chi connectivity index (χ0v) is 13.4. The van der Waals surface area contributed by atoms with Gasteiger partial charge in [0.05, 0.1) is 22.8 Å². The van der Waals surface area contributed by atoms with Crippen LogP contribution in [0.25, 0.3) is 11.4 Å². The van der Waals surface area contributed by atoms with E-state index in [-0.39, 0.29) is 10.6 Å². The number of rotatable bonds is 5. The van der Waals surface area contributed by atoms with Crippen LogP contribution >= 0.6 is 11.6 Å². The summed E-state index contributed by atoms with van der Waals surface area (Å²) >= 11 is 5.87. The number of carbonyl (C=O) groups is 1. The van der Waals surface area contributed by atoms with Crippen molar-refractivity contribution in [1.29, 1.82) is 0 Å². The highest BCUT2D eigenvalue weighted by atomic mass is 35.5. The highest BCUT2D eigenvalue weighted by molar-refractivity contribution is 6.33. The summed E-state index contributed by atoms with van der Waals surface area (Å²) in [6.07, 6.45) is 3.50. The fourth-order valence-electron chi connectivity index (χ4n) is 2.22. The number of benzene rings is 1. The van der Waals surface area contributed by atoms with E-state index < -0.39 is 11.7 Å². The van der Waals surface area contributed by atoms with Gasteiger partial charge in [-0.25, -0.2) is 4.39 Å². The van der Waals surface area contributed by atoms with Crippen LogP contribution in [0.2, 0.25) is 5.02 Å². The van der Waals surface area contributed by atoms with Crippen LogP contribution < -0.4 is 5.32 Å². The van der Waals surface area contributed by atoms with E-state index in [4.69, 9.17) is 11.6 Å². The zero-order chi connectivity index (χ0) is 16.9. The van der Waals surface area contributed by atoms with Crippen LogP contribution in [-0.2, 0) is 6.54 Å². The first-order valence-electron chi connectivity index (χ1n) is 7.32. The van der Waals surface area contributed by atoms with E-state index in [0.717, 1.165) is 11.4 Å². The lowest BCUT2D eigenvalue weighted by atomic mass is 10.2. The van der Waals surface area contributed by atoms with Crippen molar-refractivity contribution in [3.8, 4) is 11.4 Å². The Hall–Kier alpha value is -2.73. The minimum atomic E-state index is -0.642. The average molecular weight is 345 g/mol. The van der Waals surface area contributed by atoms with Gasteiger partial charge in [0.15, 0.2) is 0 Å². The standard InChI is InChI=1S/C17H14ClFN4O/c18-12-4-3-5-13(19)16(12)17(24)21-9-11-23-10-7-15(22-23)14-6-1-2-8-20-14/h1-8,10H,9,11H2,(H,21,24). The van der Waals surface area contributed by atoms with E-state index in [1.54, 1.807) is 17.1 Å². The van der Waals surface area contributed by atoms with Gasteiger partial charge in [-0.3, -0.25) is 14.5 Å². The molecule has 0 bridgehead atoms. The van der Waals surface area contributed by atoms with Crippen LogP contribution in [0.4, 0.5) is 4.39 Å². The fourth-order valence-corrected chi connectivity index (χ4v) is 2.47. The number of carbonyl (C=O) groups excluding carboxylic acids is 1. The number of amides is 1. The number of nitrogens with one attached hydrogen (secondary N) is 1. The molecule has 3 aromatic rings. The van der Waals surface area contributed by atoms with Gasteiger partial charge in [0.2, 0.25) is 0 Å². The molecular weight excluding hydrogens is 331 g/mol. The maximum atomic E-state index is 13.7. The summed E-state index contributed by atoms with van der Waals surface area (Å²) in [4.78, 5) is 16.3. The number of hydrogen-bond donors (Lipinski definition) is 1. The molecule has 0 spiro atoms. The molecule has 24 heavy (non-hydrogen) atoms. The second-order valence-corrected chi connectivity index (χ2v) is 5.44. The number of halogens is 2. The van der Waals surface area contributed by atoms with Crippen LogP contribution in [0, 0.1) is 5.82 Å². The molecule has 2 aromatic heterocycles. The third-order valence-electron chi connectivity index (χ3n) is 3.38. The quantitative estimate of drug-likeness (QED) is 0.773. The van der Waals surface area contributed by atoms with Crippen molar-refractivity contribution in [3.63, 3.8) is 0 Å². The topological polar surface area (TPSA) is 59.8 Å².